The lowest BCUT2D eigenvalue weighted by Crippen LogP contribution is -1.95. The van der Waals surface area contributed by atoms with Gasteiger partial charge in [-0.25, -0.2) is 4.39 Å². The highest BCUT2D eigenvalue weighted by molar-refractivity contribution is 9.10. The molecule has 17 heavy (non-hydrogen) atoms. The number of nitrogen functional groups attached to an aromatic ring is 1. The van der Waals surface area contributed by atoms with Gasteiger partial charge in [0.15, 0.2) is 0 Å². The van der Waals surface area contributed by atoms with Crippen molar-refractivity contribution >= 4 is 21.8 Å². The van der Waals surface area contributed by atoms with Crippen LogP contribution in [0.5, 0.6) is 0 Å². The lowest BCUT2D eigenvalue weighted by molar-refractivity contribution is 0.437. The molecule has 0 aliphatic rings. The summed E-state index contributed by atoms with van der Waals surface area (Å²) in [7, 11) is 0. The fraction of sp³-hybridized carbons (Fsp3) is 0.250. The summed E-state index contributed by atoms with van der Waals surface area (Å²) < 4.78 is 19.5. The largest absolute Gasteiger partial charge is 0.367 e. The van der Waals surface area contributed by atoms with Crippen LogP contribution in [0.3, 0.4) is 0 Å². The minimum Gasteiger partial charge on any atom is -0.367 e. The molecule has 0 aliphatic carbocycles. The summed E-state index contributed by atoms with van der Waals surface area (Å²) in [6.45, 7) is 3.92. The Morgan fingerprint density at radius 2 is 2.12 bits per heavy atom. The number of nitrogens with two attached hydrogens (primary N) is 1. The molecule has 5 heteroatoms. The van der Waals surface area contributed by atoms with E-state index >= 15 is 0 Å². The Labute approximate surface area is 107 Å². The second-order valence-electron chi connectivity index (χ2n) is 4.09. The van der Waals surface area contributed by atoms with Gasteiger partial charge in [0.1, 0.15) is 11.5 Å². The quantitative estimate of drug-likeness (QED) is 0.913. The number of hydrogen-bond donors (Lipinski definition) is 1. The van der Waals surface area contributed by atoms with Crippen LogP contribution in [0.1, 0.15) is 25.3 Å². The van der Waals surface area contributed by atoms with E-state index in [4.69, 9.17) is 10.3 Å². The van der Waals surface area contributed by atoms with Crippen molar-refractivity contribution < 1.29 is 8.91 Å². The summed E-state index contributed by atoms with van der Waals surface area (Å²) in [5.74, 6) is 0.0196. The van der Waals surface area contributed by atoms with Gasteiger partial charge in [-0.1, -0.05) is 34.9 Å². The van der Waals surface area contributed by atoms with Crippen LogP contribution in [0.2, 0.25) is 0 Å². The minimum absolute atomic E-state index is 0.124. The van der Waals surface area contributed by atoms with Crippen LogP contribution in [0.4, 0.5) is 10.3 Å². The molecule has 0 bridgehead atoms. The van der Waals surface area contributed by atoms with Crippen molar-refractivity contribution in [1.29, 1.82) is 0 Å². The molecule has 1 heterocycles. The van der Waals surface area contributed by atoms with Crippen molar-refractivity contribution in [3.63, 3.8) is 0 Å². The van der Waals surface area contributed by atoms with Crippen LogP contribution in [-0.4, -0.2) is 5.16 Å². The second kappa shape index (κ2) is 4.49. The van der Waals surface area contributed by atoms with E-state index in [1.807, 2.05) is 13.8 Å². The van der Waals surface area contributed by atoms with Gasteiger partial charge < -0.3 is 10.3 Å². The van der Waals surface area contributed by atoms with Crippen LogP contribution in [0, 0.1) is 5.82 Å². The fourth-order valence-corrected chi connectivity index (χ4v) is 2.08. The van der Waals surface area contributed by atoms with Crippen LogP contribution in [0.25, 0.3) is 11.3 Å². The van der Waals surface area contributed by atoms with E-state index in [9.17, 15) is 4.39 Å². The molecule has 2 aromatic rings. The van der Waals surface area contributed by atoms with Crippen molar-refractivity contribution in [1.82, 2.24) is 5.16 Å². The molecule has 0 aliphatic heterocycles. The zero-order valence-corrected chi connectivity index (χ0v) is 11.1. The summed E-state index contributed by atoms with van der Waals surface area (Å²) >= 11 is 3.21. The highest BCUT2D eigenvalue weighted by atomic mass is 79.9. The third-order valence-electron chi connectivity index (χ3n) is 2.52. The number of halogens is 2. The summed E-state index contributed by atoms with van der Waals surface area (Å²) in [5.41, 5.74) is 7.32. The van der Waals surface area contributed by atoms with E-state index < -0.39 is 0 Å². The van der Waals surface area contributed by atoms with Crippen molar-refractivity contribution in [2.75, 3.05) is 5.73 Å². The van der Waals surface area contributed by atoms with Crippen molar-refractivity contribution in [3.05, 3.63) is 34.1 Å². The predicted octanol–water partition coefficient (Wildman–Crippen LogP) is 3.95. The van der Waals surface area contributed by atoms with E-state index in [-0.39, 0.29) is 17.6 Å². The number of rotatable bonds is 2. The van der Waals surface area contributed by atoms with Gasteiger partial charge in [-0.15, -0.1) is 0 Å². The molecule has 1 aromatic heterocycles. The average molecular weight is 299 g/mol. The maximum Gasteiger partial charge on any atom is 0.226 e. The van der Waals surface area contributed by atoms with Gasteiger partial charge in [-0.05, 0) is 24.1 Å². The molecule has 0 spiro atoms. The standard InChI is InChI=1S/C12H12BrFN2O/c1-6(2)10-11(16-17-12(10)15)8-4-3-7(13)5-9(8)14/h3-6H,15H2,1-2H3. The zero-order chi connectivity index (χ0) is 12.6. The molecule has 0 radical (unpaired) electrons. The van der Waals surface area contributed by atoms with E-state index in [0.717, 1.165) is 5.56 Å². The summed E-state index contributed by atoms with van der Waals surface area (Å²) in [5, 5.41) is 3.84. The van der Waals surface area contributed by atoms with E-state index in [2.05, 4.69) is 21.1 Å². The molecule has 2 rings (SSSR count). The molecule has 0 saturated heterocycles. The molecule has 3 nitrogen and oxygen atoms in total. The van der Waals surface area contributed by atoms with Crippen LogP contribution < -0.4 is 5.73 Å². The molecule has 0 amide bonds. The Kier molecular flexibility index (Phi) is 3.19. The van der Waals surface area contributed by atoms with E-state index in [0.29, 0.717) is 15.7 Å². The van der Waals surface area contributed by atoms with E-state index in [1.54, 1.807) is 12.1 Å². The Bertz CT molecular complexity index is 551. The first-order valence-electron chi connectivity index (χ1n) is 5.21. The maximum atomic E-state index is 13.8. The Hall–Kier alpha value is -1.36. The first-order chi connectivity index (χ1) is 8.00. The van der Waals surface area contributed by atoms with Gasteiger partial charge >= 0.3 is 0 Å². The van der Waals surface area contributed by atoms with Crippen LogP contribution in [-0.2, 0) is 0 Å². The zero-order valence-electron chi connectivity index (χ0n) is 9.50. The van der Waals surface area contributed by atoms with Crippen molar-refractivity contribution in [2.45, 2.75) is 19.8 Å². The SMILES string of the molecule is CC(C)c1c(-c2ccc(Br)cc2F)noc1N. The smallest absolute Gasteiger partial charge is 0.226 e. The minimum atomic E-state index is -0.352. The van der Waals surface area contributed by atoms with Crippen molar-refractivity contribution in [3.8, 4) is 11.3 Å². The van der Waals surface area contributed by atoms with Crippen LogP contribution >= 0.6 is 15.9 Å². The number of hydrogen-bond acceptors (Lipinski definition) is 3. The lowest BCUT2D eigenvalue weighted by Gasteiger charge is -2.06. The van der Waals surface area contributed by atoms with Crippen molar-refractivity contribution in [2.24, 2.45) is 0 Å². The molecule has 0 saturated carbocycles. The number of benzene rings is 1. The third kappa shape index (κ3) is 2.20. The van der Waals surface area contributed by atoms with Gasteiger partial charge in [-0.3, -0.25) is 0 Å². The maximum absolute atomic E-state index is 13.8. The Morgan fingerprint density at radius 1 is 1.41 bits per heavy atom. The number of anilines is 1. The predicted molar refractivity (Wildman–Crippen MR) is 68.1 cm³/mol. The third-order valence-corrected chi connectivity index (χ3v) is 3.01. The molecule has 2 N–H and O–H groups in total. The van der Waals surface area contributed by atoms with Gasteiger partial charge in [0, 0.05) is 15.6 Å². The number of nitrogens with zero attached hydrogens (tertiary/aromatic N) is 1. The molecule has 1 aromatic carbocycles. The fourth-order valence-electron chi connectivity index (χ4n) is 1.74. The highest BCUT2D eigenvalue weighted by Crippen LogP contribution is 2.34. The van der Waals surface area contributed by atoms with Gasteiger partial charge in [0.05, 0.1) is 0 Å². The lowest BCUT2D eigenvalue weighted by atomic mass is 9.98. The molecule has 0 atom stereocenters. The molecule has 90 valence electrons. The molecular formula is C12H12BrFN2O. The normalized spacial score (nSPS) is 11.1. The van der Waals surface area contributed by atoms with Gasteiger partial charge in [-0.2, -0.15) is 0 Å². The summed E-state index contributed by atoms with van der Waals surface area (Å²) in [6, 6.07) is 4.81. The van der Waals surface area contributed by atoms with Gasteiger partial charge in [0.25, 0.3) is 0 Å². The van der Waals surface area contributed by atoms with Gasteiger partial charge in [0.2, 0.25) is 5.88 Å². The van der Waals surface area contributed by atoms with E-state index in [1.165, 1.54) is 6.07 Å². The number of aromatic nitrogens is 1. The molecular weight excluding hydrogens is 287 g/mol. The summed E-state index contributed by atoms with van der Waals surface area (Å²) in [4.78, 5) is 0. The first-order valence-corrected chi connectivity index (χ1v) is 6.00. The average Bonchev–Trinajstić information content (AvgIpc) is 2.60. The second-order valence-corrected chi connectivity index (χ2v) is 5.00. The van der Waals surface area contributed by atoms with Crippen LogP contribution in [0.15, 0.2) is 27.2 Å². The first kappa shape index (κ1) is 12.1. The monoisotopic (exact) mass is 298 g/mol. The topological polar surface area (TPSA) is 52.0 Å². The Morgan fingerprint density at radius 3 is 2.71 bits per heavy atom. The molecule has 0 fully saturated rings. The summed E-state index contributed by atoms with van der Waals surface area (Å²) in [6.07, 6.45) is 0. The Balaban J connectivity index is 2.61. The molecule has 0 unspecified atom stereocenters. The highest BCUT2D eigenvalue weighted by Gasteiger charge is 2.20.